The summed E-state index contributed by atoms with van der Waals surface area (Å²) in [5, 5.41) is 13.9. The van der Waals surface area contributed by atoms with Gasteiger partial charge in [-0.05, 0) is 29.8 Å². The number of hydrogen-bond donors (Lipinski definition) is 1. The molecule has 0 aromatic carbocycles. The predicted octanol–water partition coefficient (Wildman–Crippen LogP) is 1.18. The summed E-state index contributed by atoms with van der Waals surface area (Å²) in [6.07, 6.45) is 1.58. The van der Waals surface area contributed by atoms with Gasteiger partial charge in [-0.2, -0.15) is 0 Å². The second kappa shape index (κ2) is 4.67. The third-order valence-electron chi connectivity index (χ3n) is 3.02. The van der Waals surface area contributed by atoms with Crippen molar-refractivity contribution in [2.45, 2.75) is 25.9 Å². The molecule has 17 heavy (non-hydrogen) atoms. The lowest BCUT2D eigenvalue weighted by Gasteiger charge is -2.38. The van der Waals surface area contributed by atoms with Crippen molar-refractivity contribution in [3.05, 3.63) is 28.4 Å². The number of anilines is 1. The fourth-order valence-electron chi connectivity index (χ4n) is 2.04. The smallest absolute Gasteiger partial charge is 0.363 e. The van der Waals surface area contributed by atoms with Crippen LogP contribution in [-0.2, 0) is 0 Å². The number of hydrogen-bond acceptors (Lipinski definition) is 5. The van der Waals surface area contributed by atoms with Gasteiger partial charge in [0, 0.05) is 31.2 Å². The number of nitro groups is 1. The monoisotopic (exact) mass is 236 g/mol. The van der Waals surface area contributed by atoms with Crippen molar-refractivity contribution in [1.29, 1.82) is 0 Å². The van der Waals surface area contributed by atoms with E-state index in [2.05, 4.69) is 29.0 Å². The first-order chi connectivity index (χ1) is 8.08. The standard InChI is InChI=1S/C11H16N4O2/c1-8-7-14(9(2)5-12-8)10-3-4-11(13-6-10)15(16)17/h3-4,6,8-9,12H,5,7H2,1-2H3. The minimum Gasteiger partial charge on any atom is -0.363 e. The van der Waals surface area contributed by atoms with E-state index >= 15 is 0 Å². The van der Waals surface area contributed by atoms with Gasteiger partial charge in [-0.1, -0.05) is 0 Å². The molecular formula is C11H16N4O2. The Morgan fingerprint density at radius 3 is 2.88 bits per heavy atom. The number of rotatable bonds is 2. The largest absolute Gasteiger partial charge is 0.363 e. The molecule has 1 N–H and O–H groups in total. The molecule has 6 heteroatoms. The molecule has 0 radical (unpaired) electrons. The Balaban J connectivity index is 2.18. The molecule has 1 aromatic rings. The third kappa shape index (κ3) is 2.52. The number of nitrogens with zero attached hydrogens (tertiary/aromatic N) is 3. The SMILES string of the molecule is CC1CN(c2ccc([N+](=O)[O-])nc2)C(C)CN1. The molecule has 0 bridgehead atoms. The van der Waals surface area contributed by atoms with Crippen molar-refractivity contribution < 1.29 is 4.92 Å². The van der Waals surface area contributed by atoms with E-state index in [0.717, 1.165) is 18.8 Å². The molecule has 1 saturated heterocycles. The highest BCUT2D eigenvalue weighted by Crippen LogP contribution is 2.20. The van der Waals surface area contributed by atoms with Crippen molar-refractivity contribution in [2.75, 3.05) is 18.0 Å². The van der Waals surface area contributed by atoms with E-state index in [0.29, 0.717) is 12.1 Å². The summed E-state index contributed by atoms with van der Waals surface area (Å²) in [7, 11) is 0. The highest BCUT2D eigenvalue weighted by molar-refractivity contribution is 5.48. The molecule has 0 spiro atoms. The van der Waals surface area contributed by atoms with Gasteiger partial charge in [0.15, 0.2) is 6.20 Å². The van der Waals surface area contributed by atoms with E-state index < -0.39 is 4.92 Å². The van der Waals surface area contributed by atoms with E-state index in [9.17, 15) is 10.1 Å². The molecule has 92 valence electrons. The lowest BCUT2D eigenvalue weighted by atomic mass is 10.1. The summed E-state index contributed by atoms with van der Waals surface area (Å²) >= 11 is 0. The molecule has 1 aliphatic heterocycles. The Morgan fingerprint density at radius 2 is 2.29 bits per heavy atom. The lowest BCUT2D eigenvalue weighted by Crippen LogP contribution is -2.54. The second-order valence-corrected chi connectivity index (χ2v) is 4.44. The van der Waals surface area contributed by atoms with Crippen LogP contribution in [0.15, 0.2) is 18.3 Å². The Bertz CT molecular complexity index is 406. The lowest BCUT2D eigenvalue weighted by molar-refractivity contribution is -0.389. The van der Waals surface area contributed by atoms with Crippen molar-refractivity contribution in [2.24, 2.45) is 0 Å². The van der Waals surface area contributed by atoms with Gasteiger partial charge in [-0.25, -0.2) is 0 Å². The van der Waals surface area contributed by atoms with Gasteiger partial charge in [0.1, 0.15) is 0 Å². The molecule has 6 nitrogen and oxygen atoms in total. The Labute approximate surface area is 99.8 Å². The molecular weight excluding hydrogens is 220 g/mol. The van der Waals surface area contributed by atoms with Crippen molar-refractivity contribution >= 4 is 11.5 Å². The molecule has 2 heterocycles. The van der Waals surface area contributed by atoms with Gasteiger partial charge in [0.2, 0.25) is 0 Å². The first kappa shape index (κ1) is 11.8. The molecule has 2 atom stereocenters. The van der Waals surface area contributed by atoms with Crippen molar-refractivity contribution in [3.63, 3.8) is 0 Å². The predicted molar refractivity (Wildman–Crippen MR) is 65.2 cm³/mol. The Morgan fingerprint density at radius 1 is 1.53 bits per heavy atom. The zero-order valence-corrected chi connectivity index (χ0v) is 9.96. The average Bonchev–Trinajstić information content (AvgIpc) is 2.32. The van der Waals surface area contributed by atoms with Crippen LogP contribution in [0.5, 0.6) is 0 Å². The van der Waals surface area contributed by atoms with Gasteiger partial charge >= 0.3 is 5.82 Å². The molecule has 1 fully saturated rings. The average molecular weight is 236 g/mol. The normalized spacial score (nSPS) is 24.7. The fourth-order valence-corrected chi connectivity index (χ4v) is 2.04. The van der Waals surface area contributed by atoms with E-state index in [-0.39, 0.29) is 5.82 Å². The Hall–Kier alpha value is -1.69. The topological polar surface area (TPSA) is 71.3 Å². The van der Waals surface area contributed by atoms with Crippen LogP contribution in [0.1, 0.15) is 13.8 Å². The van der Waals surface area contributed by atoms with E-state index in [1.54, 1.807) is 12.3 Å². The number of nitrogens with one attached hydrogen (secondary N) is 1. The second-order valence-electron chi connectivity index (χ2n) is 4.44. The zero-order chi connectivity index (χ0) is 12.4. The zero-order valence-electron chi connectivity index (χ0n) is 9.96. The number of aromatic nitrogens is 1. The molecule has 2 unspecified atom stereocenters. The molecule has 2 rings (SSSR count). The van der Waals surface area contributed by atoms with E-state index in [4.69, 9.17) is 0 Å². The summed E-state index contributed by atoms with van der Waals surface area (Å²) in [5.74, 6) is -0.107. The molecule has 0 saturated carbocycles. The van der Waals surface area contributed by atoms with Gasteiger partial charge in [0.25, 0.3) is 0 Å². The van der Waals surface area contributed by atoms with Crippen LogP contribution >= 0.6 is 0 Å². The van der Waals surface area contributed by atoms with Crippen molar-refractivity contribution in [1.82, 2.24) is 10.3 Å². The van der Waals surface area contributed by atoms with E-state index in [1.807, 2.05) is 0 Å². The maximum atomic E-state index is 10.5. The summed E-state index contributed by atoms with van der Waals surface area (Å²) in [6, 6.07) is 4.00. The first-order valence-electron chi connectivity index (χ1n) is 5.68. The minimum absolute atomic E-state index is 0.107. The van der Waals surface area contributed by atoms with Crippen LogP contribution in [0.25, 0.3) is 0 Å². The minimum atomic E-state index is -0.479. The first-order valence-corrected chi connectivity index (χ1v) is 5.68. The Kier molecular flexibility index (Phi) is 3.23. The van der Waals surface area contributed by atoms with Crippen LogP contribution in [0.2, 0.25) is 0 Å². The number of piperazine rings is 1. The van der Waals surface area contributed by atoms with Crippen LogP contribution in [0, 0.1) is 10.1 Å². The fraction of sp³-hybridized carbons (Fsp3) is 0.545. The van der Waals surface area contributed by atoms with Gasteiger partial charge in [-0.3, -0.25) is 0 Å². The summed E-state index contributed by atoms with van der Waals surface area (Å²) in [5.41, 5.74) is 0.941. The quantitative estimate of drug-likeness (QED) is 0.616. The van der Waals surface area contributed by atoms with Gasteiger partial charge in [0.05, 0.1) is 5.69 Å². The van der Waals surface area contributed by atoms with E-state index in [1.165, 1.54) is 6.07 Å². The van der Waals surface area contributed by atoms with Gasteiger partial charge in [-0.15, -0.1) is 0 Å². The molecule has 0 aliphatic carbocycles. The van der Waals surface area contributed by atoms with Crippen LogP contribution in [0.4, 0.5) is 11.5 Å². The summed E-state index contributed by atoms with van der Waals surface area (Å²) in [4.78, 5) is 16.1. The molecule has 1 aromatic heterocycles. The summed E-state index contributed by atoms with van der Waals surface area (Å²) in [6.45, 7) is 6.05. The molecule has 1 aliphatic rings. The highest BCUT2D eigenvalue weighted by Gasteiger charge is 2.23. The third-order valence-corrected chi connectivity index (χ3v) is 3.02. The maximum Gasteiger partial charge on any atom is 0.363 e. The van der Waals surface area contributed by atoms with Crippen molar-refractivity contribution in [3.8, 4) is 0 Å². The van der Waals surface area contributed by atoms with Gasteiger partial charge < -0.3 is 20.3 Å². The number of pyridine rings is 1. The highest BCUT2D eigenvalue weighted by atomic mass is 16.6. The maximum absolute atomic E-state index is 10.5. The van der Waals surface area contributed by atoms with Crippen LogP contribution in [-0.4, -0.2) is 35.1 Å². The summed E-state index contributed by atoms with van der Waals surface area (Å²) < 4.78 is 0. The molecule has 0 amide bonds. The van der Waals surface area contributed by atoms with Crippen LogP contribution < -0.4 is 10.2 Å². The van der Waals surface area contributed by atoms with Crippen LogP contribution in [0.3, 0.4) is 0 Å².